The summed E-state index contributed by atoms with van der Waals surface area (Å²) in [5.74, 6) is -1.89. The van der Waals surface area contributed by atoms with Gasteiger partial charge in [-0.1, -0.05) is 30.3 Å². The first-order valence-electron chi connectivity index (χ1n) is 7.38. The largest absolute Gasteiger partial charge is 0.462 e. The zero-order chi connectivity index (χ0) is 15.4. The summed E-state index contributed by atoms with van der Waals surface area (Å²) in [6, 6.07) is 9.00. The van der Waals surface area contributed by atoms with Crippen LogP contribution in [-0.4, -0.2) is 53.8 Å². The molecule has 1 aromatic carbocycles. The number of hydrogen-bond donors (Lipinski definition) is 0. The molecule has 4 atom stereocenters. The highest BCUT2D eigenvalue weighted by Crippen LogP contribution is 2.44. The molecule has 0 spiro atoms. The van der Waals surface area contributed by atoms with Crippen LogP contribution in [0.3, 0.4) is 0 Å². The van der Waals surface area contributed by atoms with E-state index in [4.69, 9.17) is 4.74 Å². The quantitative estimate of drug-likeness (QED) is 0.547. The van der Waals surface area contributed by atoms with Crippen molar-refractivity contribution in [2.45, 2.75) is 12.1 Å². The number of morpholine rings is 1. The van der Waals surface area contributed by atoms with Crippen molar-refractivity contribution in [2.24, 2.45) is 11.8 Å². The number of nitrogens with zero attached hydrogens (tertiary/aromatic N) is 2. The highest BCUT2D eigenvalue weighted by atomic mass is 16.5. The van der Waals surface area contributed by atoms with E-state index in [-0.39, 0.29) is 24.5 Å². The molecule has 3 saturated heterocycles. The number of likely N-dealkylation sites (tertiary alicyclic amines) is 1. The smallest absolute Gasteiger partial charge is 0.324 e. The molecule has 6 heteroatoms. The van der Waals surface area contributed by atoms with Crippen molar-refractivity contribution in [1.29, 1.82) is 0 Å². The number of fused-ring (bicyclic) bond motifs is 3. The van der Waals surface area contributed by atoms with Gasteiger partial charge in [0, 0.05) is 13.6 Å². The van der Waals surface area contributed by atoms with Crippen molar-refractivity contribution in [3.8, 4) is 0 Å². The van der Waals surface area contributed by atoms with Crippen LogP contribution in [-0.2, 0) is 19.1 Å². The van der Waals surface area contributed by atoms with Gasteiger partial charge in [-0.3, -0.25) is 24.2 Å². The van der Waals surface area contributed by atoms with Gasteiger partial charge in [0.25, 0.3) is 0 Å². The number of hydrogen-bond acceptors (Lipinski definition) is 5. The van der Waals surface area contributed by atoms with Gasteiger partial charge in [0.2, 0.25) is 11.8 Å². The molecule has 0 N–H and O–H groups in total. The van der Waals surface area contributed by atoms with Gasteiger partial charge in [-0.2, -0.15) is 0 Å². The first-order chi connectivity index (χ1) is 10.6. The van der Waals surface area contributed by atoms with Crippen molar-refractivity contribution >= 4 is 17.8 Å². The topological polar surface area (TPSA) is 66.9 Å². The molecule has 6 nitrogen and oxygen atoms in total. The number of amides is 2. The summed E-state index contributed by atoms with van der Waals surface area (Å²) in [5.41, 5.74) is 1.04. The predicted octanol–water partition coefficient (Wildman–Crippen LogP) is 0.200. The lowest BCUT2D eigenvalue weighted by Gasteiger charge is -2.37. The molecular weight excluding hydrogens is 284 g/mol. The van der Waals surface area contributed by atoms with E-state index in [0.29, 0.717) is 6.54 Å². The molecule has 1 aromatic rings. The molecule has 3 fully saturated rings. The monoisotopic (exact) mass is 300 g/mol. The standard InChI is InChI=1S/C16H16N2O4/c1-17-14(19)10-7-18-11(9-5-3-2-4-6-9)8-22-16(21)13(18)12(10)15(17)20/h2-6,10-13H,7-8H2,1H3/t10-,11+,12-,13-/m1/s1. The number of imide groups is 1. The molecular formula is C16H16N2O4. The highest BCUT2D eigenvalue weighted by Gasteiger charge is 2.61. The Morgan fingerprint density at radius 1 is 1.09 bits per heavy atom. The lowest BCUT2D eigenvalue weighted by atomic mass is 9.92. The molecule has 0 saturated carbocycles. The number of ether oxygens (including phenoxy) is 1. The Morgan fingerprint density at radius 3 is 2.55 bits per heavy atom. The molecule has 3 aliphatic heterocycles. The SMILES string of the molecule is CN1C(=O)[C@@H]2[C@@H](CN3[C@H](c4ccccc4)COC(=O)[C@@H]23)C1=O. The highest BCUT2D eigenvalue weighted by molar-refractivity contribution is 6.07. The van der Waals surface area contributed by atoms with Crippen molar-refractivity contribution < 1.29 is 19.1 Å². The van der Waals surface area contributed by atoms with E-state index in [1.165, 1.54) is 7.05 Å². The Hall–Kier alpha value is -2.21. The van der Waals surface area contributed by atoms with Crippen LogP contribution in [0, 0.1) is 11.8 Å². The van der Waals surface area contributed by atoms with Crippen molar-refractivity contribution in [1.82, 2.24) is 9.80 Å². The fourth-order valence-electron chi connectivity index (χ4n) is 3.91. The third-order valence-corrected chi connectivity index (χ3v) is 5.01. The van der Waals surface area contributed by atoms with Crippen molar-refractivity contribution in [2.75, 3.05) is 20.2 Å². The lowest BCUT2D eigenvalue weighted by molar-refractivity contribution is -0.164. The van der Waals surface area contributed by atoms with E-state index in [2.05, 4.69) is 0 Å². The van der Waals surface area contributed by atoms with Crippen LogP contribution in [0.1, 0.15) is 11.6 Å². The Labute approximate surface area is 127 Å². The maximum atomic E-state index is 12.3. The van der Waals surface area contributed by atoms with Crippen LogP contribution in [0.15, 0.2) is 30.3 Å². The fraction of sp³-hybridized carbons (Fsp3) is 0.438. The second-order valence-corrected chi connectivity index (χ2v) is 6.07. The van der Waals surface area contributed by atoms with Gasteiger partial charge in [-0.15, -0.1) is 0 Å². The Morgan fingerprint density at radius 2 is 1.82 bits per heavy atom. The number of benzene rings is 1. The van der Waals surface area contributed by atoms with Gasteiger partial charge in [0.1, 0.15) is 12.6 Å². The number of esters is 1. The minimum atomic E-state index is -0.648. The molecule has 22 heavy (non-hydrogen) atoms. The average molecular weight is 300 g/mol. The molecule has 3 aliphatic rings. The normalized spacial score (nSPS) is 34.6. The molecule has 0 aliphatic carbocycles. The van der Waals surface area contributed by atoms with E-state index in [9.17, 15) is 14.4 Å². The summed E-state index contributed by atoms with van der Waals surface area (Å²) in [4.78, 5) is 39.9. The third-order valence-electron chi connectivity index (χ3n) is 5.01. The molecule has 3 heterocycles. The van der Waals surface area contributed by atoms with E-state index in [1.807, 2.05) is 35.2 Å². The zero-order valence-corrected chi connectivity index (χ0v) is 12.1. The number of cyclic esters (lactones) is 1. The summed E-state index contributed by atoms with van der Waals surface area (Å²) in [5, 5.41) is 0. The Kier molecular flexibility index (Phi) is 2.84. The minimum absolute atomic E-state index is 0.0968. The second kappa shape index (κ2) is 4.64. The number of carbonyl (C=O) groups is 3. The van der Waals surface area contributed by atoms with Crippen LogP contribution in [0.4, 0.5) is 0 Å². The molecule has 0 unspecified atom stereocenters. The average Bonchev–Trinajstić information content (AvgIpc) is 3.03. The van der Waals surface area contributed by atoms with Crippen LogP contribution < -0.4 is 0 Å². The maximum absolute atomic E-state index is 12.3. The van der Waals surface area contributed by atoms with Crippen LogP contribution in [0.2, 0.25) is 0 Å². The Bertz CT molecular complexity index is 659. The molecule has 0 bridgehead atoms. The van der Waals surface area contributed by atoms with Gasteiger partial charge in [-0.05, 0) is 5.56 Å². The van der Waals surface area contributed by atoms with E-state index in [0.717, 1.165) is 10.5 Å². The minimum Gasteiger partial charge on any atom is -0.462 e. The number of carbonyl (C=O) groups excluding carboxylic acids is 3. The zero-order valence-electron chi connectivity index (χ0n) is 12.1. The summed E-state index contributed by atoms with van der Waals surface area (Å²) in [7, 11) is 1.48. The van der Waals surface area contributed by atoms with Gasteiger partial charge in [0.15, 0.2) is 0 Å². The van der Waals surface area contributed by atoms with Gasteiger partial charge in [-0.25, -0.2) is 0 Å². The molecule has 114 valence electrons. The summed E-state index contributed by atoms with van der Waals surface area (Å²) in [6.07, 6.45) is 0. The van der Waals surface area contributed by atoms with Crippen LogP contribution >= 0.6 is 0 Å². The molecule has 0 aromatic heterocycles. The number of rotatable bonds is 1. The van der Waals surface area contributed by atoms with E-state index >= 15 is 0 Å². The predicted molar refractivity (Wildman–Crippen MR) is 75.4 cm³/mol. The summed E-state index contributed by atoms with van der Waals surface area (Å²) >= 11 is 0. The summed E-state index contributed by atoms with van der Waals surface area (Å²) < 4.78 is 5.32. The first-order valence-corrected chi connectivity index (χ1v) is 7.38. The lowest BCUT2D eigenvalue weighted by Crippen LogP contribution is -2.51. The van der Waals surface area contributed by atoms with Gasteiger partial charge >= 0.3 is 5.97 Å². The third kappa shape index (κ3) is 1.67. The maximum Gasteiger partial charge on any atom is 0.324 e. The van der Waals surface area contributed by atoms with E-state index in [1.54, 1.807) is 0 Å². The van der Waals surface area contributed by atoms with Crippen molar-refractivity contribution in [3.63, 3.8) is 0 Å². The fourth-order valence-corrected chi connectivity index (χ4v) is 3.91. The summed E-state index contributed by atoms with van der Waals surface area (Å²) in [6.45, 7) is 0.690. The van der Waals surface area contributed by atoms with Gasteiger partial charge in [0.05, 0.1) is 17.9 Å². The van der Waals surface area contributed by atoms with Crippen LogP contribution in [0.25, 0.3) is 0 Å². The molecule has 0 radical (unpaired) electrons. The second-order valence-electron chi connectivity index (χ2n) is 6.07. The molecule has 2 amide bonds. The Balaban J connectivity index is 1.72. The van der Waals surface area contributed by atoms with Crippen LogP contribution in [0.5, 0.6) is 0 Å². The molecule has 4 rings (SSSR count). The first kappa shape index (κ1) is 13.5. The van der Waals surface area contributed by atoms with E-state index < -0.39 is 23.8 Å². The van der Waals surface area contributed by atoms with Crippen molar-refractivity contribution in [3.05, 3.63) is 35.9 Å². The van der Waals surface area contributed by atoms with Gasteiger partial charge < -0.3 is 4.74 Å².